The zero-order valence-corrected chi connectivity index (χ0v) is 11.3. The van der Waals surface area contributed by atoms with Gasteiger partial charge in [-0.05, 0) is 31.2 Å². The molecule has 0 saturated heterocycles. The highest BCUT2D eigenvalue weighted by Crippen LogP contribution is 2.05. The highest BCUT2D eigenvalue weighted by molar-refractivity contribution is 5.97. The number of hydrogen-bond donors (Lipinski definition) is 3. The molecule has 20 heavy (non-hydrogen) atoms. The number of carbonyl (C=O) groups excluding carboxylic acids is 2. The van der Waals surface area contributed by atoms with Gasteiger partial charge in [-0.25, -0.2) is 4.79 Å². The molecule has 1 atom stereocenters. The number of benzene rings is 1. The first-order chi connectivity index (χ1) is 9.32. The van der Waals surface area contributed by atoms with Gasteiger partial charge in [0.25, 0.3) is 5.91 Å². The van der Waals surface area contributed by atoms with Crippen molar-refractivity contribution in [3.63, 3.8) is 0 Å². The van der Waals surface area contributed by atoms with Crippen molar-refractivity contribution >= 4 is 23.5 Å². The number of rotatable bonds is 5. The lowest BCUT2D eigenvalue weighted by Crippen LogP contribution is -2.45. The Morgan fingerprint density at radius 2 is 1.85 bits per heavy atom. The Labute approximate surface area is 116 Å². The van der Waals surface area contributed by atoms with Crippen molar-refractivity contribution in [2.24, 2.45) is 0 Å². The van der Waals surface area contributed by atoms with E-state index in [0.717, 1.165) is 4.90 Å². The van der Waals surface area contributed by atoms with Crippen LogP contribution < -0.4 is 11.1 Å². The number of carbonyl (C=O) groups is 3. The van der Waals surface area contributed by atoms with Crippen molar-refractivity contribution in [3.8, 4) is 0 Å². The third kappa shape index (κ3) is 3.98. The molecular formula is C13H17N3O4. The van der Waals surface area contributed by atoms with E-state index in [1.807, 2.05) is 0 Å². The molecule has 2 amide bonds. The molecule has 0 aromatic heterocycles. The lowest BCUT2D eigenvalue weighted by molar-refractivity contribution is -0.147. The second-order valence-corrected chi connectivity index (χ2v) is 4.32. The number of anilines is 1. The van der Waals surface area contributed by atoms with Gasteiger partial charge >= 0.3 is 5.97 Å². The van der Waals surface area contributed by atoms with Gasteiger partial charge < -0.3 is 21.1 Å². The number of carboxylic acids is 1. The van der Waals surface area contributed by atoms with Gasteiger partial charge in [0.1, 0.15) is 6.04 Å². The molecule has 7 heteroatoms. The zero-order chi connectivity index (χ0) is 15.3. The zero-order valence-electron chi connectivity index (χ0n) is 11.3. The van der Waals surface area contributed by atoms with E-state index in [0.29, 0.717) is 11.3 Å². The summed E-state index contributed by atoms with van der Waals surface area (Å²) < 4.78 is 0. The maximum Gasteiger partial charge on any atom is 0.326 e. The van der Waals surface area contributed by atoms with E-state index in [1.165, 1.54) is 14.0 Å². The van der Waals surface area contributed by atoms with Crippen molar-refractivity contribution < 1.29 is 19.5 Å². The van der Waals surface area contributed by atoms with E-state index in [-0.39, 0.29) is 6.54 Å². The predicted octanol–water partition coefficient (Wildman–Crippen LogP) is -0.0699. The van der Waals surface area contributed by atoms with Crippen molar-refractivity contribution in [3.05, 3.63) is 29.8 Å². The number of nitrogens with one attached hydrogen (secondary N) is 1. The second kappa shape index (κ2) is 6.55. The Morgan fingerprint density at radius 3 is 2.35 bits per heavy atom. The van der Waals surface area contributed by atoms with Crippen LogP contribution in [0.15, 0.2) is 24.3 Å². The third-order valence-corrected chi connectivity index (χ3v) is 2.90. The first-order valence-electron chi connectivity index (χ1n) is 5.95. The van der Waals surface area contributed by atoms with Crippen LogP contribution in [0.5, 0.6) is 0 Å². The Bertz CT molecular complexity index is 513. The van der Waals surface area contributed by atoms with Crippen molar-refractivity contribution in [2.45, 2.75) is 13.0 Å². The van der Waals surface area contributed by atoms with E-state index in [1.54, 1.807) is 24.3 Å². The lowest BCUT2D eigenvalue weighted by atomic mass is 10.2. The van der Waals surface area contributed by atoms with Gasteiger partial charge in [0, 0.05) is 18.3 Å². The molecule has 1 aromatic rings. The van der Waals surface area contributed by atoms with Crippen LogP contribution in [-0.2, 0) is 9.59 Å². The molecule has 108 valence electrons. The van der Waals surface area contributed by atoms with Gasteiger partial charge in [0.15, 0.2) is 0 Å². The Hall–Kier alpha value is -2.57. The molecule has 0 heterocycles. The molecule has 1 rings (SSSR count). The van der Waals surface area contributed by atoms with Crippen LogP contribution in [0, 0.1) is 0 Å². The summed E-state index contributed by atoms with van der Waals surface area (Å²) in [4.78, 5) is 35.3. The maximum absolute atomic E-state index is 11.7. The fourth-order valence-corrected chi connectivity index (χ4v) is 1.40. The molecule has 0 saturated carbocycles. The number of amides is 2. The first kappa shape index (κ1) is 15.5. The Morgan fingerprint density at radius 1 is 1.30 bits per heavy atom. The fraction of sp³-hybridized carbons (Fsp3) is 0.308. The summed E-state index contributed by atoms with van der Waals surface area (Å²) in [6, 6.07) is 5.29. The quantitative estimate of drug-likeness (QED) is 0.653. The highest BCUT2D eigenvalue weighted by Gasteiger charge is 2.21. The summed E-state index contributed by atoms with van der Waals surface area (Å²) in [6.07, 6.45) is 0. The molecule has 0 spiro atoms. The van der Waals surface area contributed by atoms with Crippen molar-refractivity contribution in [1.29, 1.82) is 0 Å². The van der Waals surface area contributed by atoms with Crippen LogP contribution in [0.3, 0.4) is 0 Å². The maximum atomic E-state index is 11.7. The molecule has 4 N–H and O–H groups in total. The van der Waals surface area contributed by atoms with Crippen molar-refractivity contribution in [1.82, 2.24) is 10.2 Å². The van der Waals surface area contributed by atoms with Gasteiger partial charge in [-0.2, -0.15) is 0 Å². The molecular weight excluding hydrogens is 262 g/mol. The molecule has 7 nitrogen and oxygen atoms in total. The topological polar surface area (TPSA) is 113 Å². The summed E-state index contributed by atoms with van der Waals surface area (Å²) in [5, 5.41) is 11.2. The van der Waals surface area contributed by atoms with Crippen LogP contribution in [0.4, 0.5) is 5.69 Å². The van der Waals surface area contributed by atoms with Crippen LogP contribution in [-0.4, -0.2) is 47.4 Å². The van der Waals surface area contributed by atoms with Crippen LogP contribution >= 0.6 is 0 Å². The number of carboxylic acid groups (broad SMARTS) is 1. The van der Waals surface area contributed by atoms with E-state index < -0.39 is 23.8 Å². The second-order valence-electron chi connectivity index (χ2n) is 4.32. The van der Waals surface area contributed by atoms with Gasteiger partial charge in [0.05, 0.1) is 6.54 Å². The number of nitrogens with zero attached hydrogens (tertiary/aromatic N) is 1. The normalized spacial score (nSPS) is 11.5. The van der Waals surface area contributed by atoms with Crippen LogP contribution in [0.2, 0.25) is 0 Å². The smallest absolute Gasteiger partial charge is 0.326 e. The number of likely N-dealkylation sites (N-methyl/N-ethyl adjacent to an activating group) is 1. The SMILES string of the molecule is CC(C(=O)O)N(C)C(=O)CNC(=O)c1ccc(N)cc1. The number of hydrogen-bond acceptors (Lipinski definition) is 4. The summed E-state index contributed by atoms with van der Waals surface area (Å²) in [7, 11) is 1.37. The molecule has 0 fully saturated rings. The first-order valence-corrected chi connectivity index (χ1v) is 5.95. The van der Waals surface area contributed by atoms with E-state index in [4.69, 9.17) is 10.8 Å². The number of nitrogens with two attached hydrogens (primary N) is 1. The standard InChI is InChI=1S/C13H17N3O4/c1-8(13(19)20)16(2)11(17)7-15-12(18)9-3-5-10(14)6-4-9/h3-6,8H,7,14H2,1-2H3,(H,15,18)(H,19,20). The number of aliphatic carboxylic acids is 1. The molecule has 0 radical (unpaired) electrons. The van der Waals surface area contributed by atoms with Crippen LogP contribution in [0.1, 0.15) is 17.3 Å². The minimum atomic E-state index is -1.11. The van der Waals surface area contributed by atoms with E-state index in [2.05, 4.69) is 5.32 Å². The minimum absolute atomic E-state index is 0.267. The molecule has 1 unspecified atom stereocenters. The van der Waals surface area contributed by atoms with E-state index >= 15 is 0 Å². The van der Waals surface area contributed by atoms with Gasteiger partial charge in [-0.1, -0.05) is 0 Å². The van der Waals surface area contributed by atoms with Gasteiger partial charge in [-0.15, -0.1) is 0 Å². The highest BCUT2D eigenvalue weighted by atomic mass is 16.4. The third-order valence-electron chi connectivity index (χ3n) is 2.90. The van der Waals surface area contributed by atoms with Gasteiger partial charge in [-0.3, -0.25) is 9.59 Å². The molecule has 0 aliphatic rings. The van der Waals surface area contributed by atoms with Crippen molar-refractivity contribution in [2.75, 3.05) is 19.3 Å². The molecule has 1 aromatic carbocycles. The van der Waals surface area contributed by atoms with Gasteiger partial charge in [0.2, 0.25) is 5.91 Å². The average molecular weight is 279 g/mol. The number of nitrogen functional groups attached to an aromatic ring is 1. The summed E-state index contributed by atoms with van der Waals surface area (Å²) in [5.74, 6) is -2.01. The molecule has 0 aliphatic heterocycles. The largest absolute Gasteiger partial charge is 0.480 e. The fourth-order valence-electron chi connectivity index (χ4n) is 1.40. The Kier molecular flexibility index (Phi) is 5.08. The lowest BCUT2D eigenvalue weighted by Gasteiger charge is -2.21. The summed E-state index contributed by atoms with van der Waals surface area (Å²) >= 11 is 0. The van der Waals surface area contributed by atoms with Crippen LogP contribution in [0.25, 0.3) is 0 Å². The molecule has 0 bridgehead atoms. The molecule has 0 aliphatic carbocycles. The summed E-state index contributed by atoms with van der Waals surface area (Å²) in [6.45, 7) is 1.12. The average Bonchev–Trinajstić information content (AvgIpc) is 2.43. The minimum Gasteiger partial charge on any atom is -0.480 e. The summed E-state index contributed by atoms with van der Waals surface area (Å²) in [5.41, 5.74) is 6.41. The monoisotopic (exact) mass is 279 g/mol. The predicted molar refractivity (Wildman–Crippen MR) is 73.1 cm³/mol. The van der Waals surface area contributed by atoms with E-state index in [9.17, 15) is 14.4 Å². The Balaban J connectivity index is 2.54.